The maximum atomic E-state index is 15.0. The van der Waals surface area contributed by atoms with E-state index < -0.39 is 17.6 Å². The van der Waals surface area contributed by atoms with Gasteiger partial charge >= 0.3 is 5.97 Å². The Morgan fingerprint density at radius 2 is 1.18 bits per heavy atom. The minimum absolute atomic E-state index is 0. The summed E-state index contributed by atoms with van der Waals surface area (Å²) in [4.78, 5) is 54.6. The number of thiazole rings is 2. The summed E-state index contributed by atoms with van der Waals surface area (Å²) in [5.41, 5.74) is 8.56. The molecule has 2 fully saturated rings. The third kappa shape index (κ3) is 10.5. The van der Waals surface area contributed by atoms with Gasteiger partial charge in [-0.05, 0) is 85.6 Å². The predicted octanol–water partition coefficient (Wildman–Crippen LogP) is 9.42. The Kier molecular flexibility index (Phi) is 15.2. The Morgan fingerprint density at radius 3 is 1.63 bits per heavy atom. The summed E-state index contributed by atoms with van der Waals surface area (Å²) >= 11 is 2.87. The molecular formula is C48H46F2N8O5S2. The van der Waals surface area contributed by atoms with Crippen LogP contribution in [0.15, 0.2) is 102 Å². The van der Waals surface area contributed by atoms with Gasteiger partial charge in [-0.3, -0.25) is 9.78 Å². The predicted molar refractivity (Wildman–Crippen MR) is 251 cm³/mol. The zero-order valence-corrected chi connectivity index (χ0v) is 36.8. The lowest BCUT2D eigenvalue weighted by Crippen LogP contribution is -2.36. The molecule has 8 aromatic rings. The molecule has 0 radical (unpaired) electrons. The molecule has 0 amide bonds. The van der Waals surface area contributed by atoms with Crippen LogP contribution in [-0.2, 0) is 14.2 Å². The summed E-state index contributed by atoms with van der Waals surface area (Å²) in [5.74, 6) is -1.60. The summed E-state index contributed by atoms with van der Waals surface area (Å²) in [6.45, 7) is 9.44. The van der Waals surface area contributed by atoms with Gasteiger partial charge in [-0.15, -0.1) is 22.7 Å². The standard InChI is InChI=1S/C23H19FN4O2S.C21H20FN3O3.C3H3NS.CH4/c1-14-10-19(24)18(12-17(14)22(29)23-25-4-9-31-23)21-16-3-2-15(11-20(16)26-13-27-21)28-5-7-30-8-6-28;1-13-9-18(22)17(11-16(13)21(26)27-2)20-15-4-3-14(10-19(15)23-12-24-20)25-5-7-28-8-6-25;1-2-5-3-4-1;/h2-4,9-13H,5-8H2,1H3;3-4,9-12H,5-8H2,1-2H3;1-3H;1H4. The third-order valence-corrected chi connectivity index (χ3v) is 12.0. The molecule has 0 saturated carbocycles. The molecule has 334 valence electrons. The van der Waals surface area contributed by atoms with Crippen LogP contribution in [0.2, 0.25) is 0 Å². The number of carbonyl (C=O) groups excluding carboxylic acids is 2. The minimum Gasteiger partial charge on any atom is -0.465 e. The second kappa shape index (κ2) is 21.3. The van der Waals surface area contributed by atoms with Crippen LogP contribution in [0.1, 0.15) is 44.3 Å². The third-order valence-electron chi connectivity index (χ3n) is 10.8. The molecule has 0 unspecified atom stereocenters. The van der Waals surface area contributed by atoms with Crippen molar-refractivity contribution in [2.45, 2.75) is 21.3 Å². The quantitative estimate of drug-likeness (QED) is 0.111. The minimum atomic E-state index is -0.508. The number of aryl methyl sites for hydroxylation is 2. The van der Waals surface area contributed by atoms with Gasteiger partial charge in [-0.2, -0.15) is 0 Å². The Morgan fingerprint density at radius 1 is 0.662 bits per heavy atom. The number of anilines is 2. The number of ether oxygens (including phenoxy) is 3. The summed E-state index contributed by atoms with van der Waals surface area (Å²) in [5, 5.41) is 5.51. The molecule has 2 saturated heterocycles. The summed E-state index contributed by atoms with van der Waals surface area (Å²) in [6, 6.07) is 17.5. The fraction of sp³-hybridized carbons (Fsp3) is 0.250. The number of esters is 1. The molecule has 4 aromatic carbocycles. The maximum absolute atomic E-state index is 15.0. The van der Waals surface area contributed by atoms with Crippen LogP contribution in [0, 0.1) is 25.5 Å². The number of rotatable bonds is 7. The highest BCUT2D eigenvalue weighted by Crippen LogP contribution is 2.34. The van der Waals surface area contributed by atoms with E-state index in [4.69, 9.17) is 14.2 Å². The van der Waals surface area contributed by atoms with Gasteiger partial charge in [0.2, 0.25) is 5.78 Å². The Hall–Kier alpha value is -6.66. The molecule has 2 aliphatic rings. The van der Waals surface area contributed by atoms with Crippen molar-refractivity contribution in [3.8, 4) is 22.5 Å². The van der Waals surface area contributed by atoms with E-state index in [-0.39, 0.29) is 24.3 Å². The van der Waals surface area contributed by atoms with Crippen LogP contribution < -0.4 is 9.80 Å². The van der Waals surface area contributed by atoms with Gasteiger partial charge < -0.3 is 24.0 Å². The maximum Gasteiger partial charge on any atom is 0.338 e. The normalized spacial score (nSPS) is 13.6. The highest BCUT2D eigenvalue weighted by atomic mass is 32.1. The average Bonchev–Trinajstić information content (AvgIpc) is 4.11. The number of aromatic nitrogens is 6. The molecule has 10 rings (SSSR count). The monoisotopic (exact) mass is 916 g/mol. The number of ketones is 1. The molecule has 4 aromatic heterocycles. The lowest BCUT2D eigenvalue weighted by atomic mass is 9.97. The zero-order chi connectivity index (χ0) is 44.6. The number of carbonyl (C=O) groups is 2. The number of hydrogen-bond acceptors (Lipinski definition) is 15. The molecule has 0 bridgehead atoms. The number of fused-ring (bicyclic) bond motifs is 2. The van der Waals surface area contributed by atoms with Crippen LogP contribution in [-0.4, -0.2) is 101 Å². The number of morpholine rings is 2. The number of methoxy groups -OCH3 is 1. The van der Waals surface area contributed by atoms with Gasteiger partial charge in [-0.1, -0.05) is 7.43 Å². The van der Waals surface area contributed by atoms with Crippen molar-refractivity contribution < 1.29 is 32.6 Å². The SMILES string of the molecule is C.COC(=O)c1cc(-c2ncnc3cc(N4CCOCC4)ccc23)c(F)cc1C.Cc1cc(F)c(-c2ncnc3cc(N4CCOCC4)ccc23)cc1C(=O)c1nccs1.c1cscn1. The molecular weight excluding hydrogens is 871 g/mol. The fourth-order valence-electron chi connectivity index (χ4n) is 7.47. The summed E-state index contributed by atoms with van der Waals surface area (Å²) in [7, 11) is 1.30. The van der Waals surface area contributed by atoms with Gasteiger partial charge in [0.1, 0.15) is 24.3 Å². The molecule has 2 aliphatic heterocycles. The topological polar surface area (TPSA) is 146 Å². The van der Waals surface area contributed by atoms with Crippen molar-refractivity contribution in [1.29, 1.82) is 0 Å². The van der Waals surface area contributed by atoms with E-state index in [2.05, 4.69) is 39.7 Å². The number of nitrogens with zero attached hydrogens (tertiary/aromatic N) is 8. The first-order chi connectivity index (χ1) is 31.2. The number of halogens is 2. The van der Waals surface area contributed by atoms with Gasteiger partial charge in [0, 0.05) is 88.2 Å². The highest BCUT2D eigenvalue weighted by molar-refractivity contribution is 7.11. The molecule has 0 spiro atoms. The Balaban J connectivity index is 0.000000173. The van der Waals surface area contributed by atoms with Gasteiger partial charge in [0.05, 0.1) is 67.0 Å². The number of hydrogen-bond donors (Lipinski definition) is 0. The largest absolute Gasteiger partial charge is 0.465 e. The first-order valence-electron chi connectivity index (χ1n) is 20.3. The molecule has 6 heterocycles. The van der Waals surface area contributed by atoms with E-state index >= 15 is 4.39 Å². The molecule has 0 atom stereocenters. The lowest BCUT2D eigenvalue weighted by molar-refractivity contribution is 0.0599. The van der Waals surface area contributed by atoms with Crippen LogP contribution in [0.3, 0.4) is 0 Å². The van der Waals surface area contributed by atoms with Crippen molar-refractivity contribution in [3.63, 3.8) is 0 Å². The first kappa shape index (κ1) is 46.3. The lowest BCUT2D eigenvalue weighted by Gasteiger charge is -2.29. The van der Waals surface area contributed by atoms with E-state index in [1.807, 2.05) is 41.8 Å². The Labute approximate surface area is 382 Å². The molecule has 17 heteroatoms. The van der Waals surface area contributed by atoms with Crippen LogP contribution in [0.5, 0.6) is 0 Å². The fourth-order valence-corrected chi connectivity index (χ4v) is 8.41. The van der Waals surface area contributed by atoms with Gasteiger partial charge in [0.25, 0.3) is 0 Å². The first-order valence-corrected chi connectivity index (χ1v) is 22.1. The van der Waals surface area contributed by atoms with Crippen molar-refractivity contribution in [1.82, 2.24) is 29.9 Å². The smallest absolute Gasteiger partial charge is 0.338 e. The van der Waals surface area contributed by atoms with Crippen molar-refractivity contribution in [2.24, 2.45) is 0 Å². The second-order valence-corrected chi connectivity index (χ2v) is 16.3. The number of benzene rings is 4. The molecule has 13 nitrogen and oxygen atoms in total. The van der Waals surface area contributed by atoms with Crippen LogP contribution in [0.25, 0.3) is 44.3 Å². The van der Waals surface area contributed by atoms with Gasteiger partial charge in [0.15, 0.2) is 5.01 Å². The van der Waals surface area contributed by atoms with E-state index in [1.54, 1.807) is 54.5 Å². The second-order valence-electron chi connectivity index (χ2n) is 14.7. The van der Waals surface area contributed by atoms with Crippen molar-refractivity contribution >= 4 is 67.6 Å². The van der Waals surface area contributed by atoms with E-state index in [1.165, 1.54) is 49.3 Å². The summed E-state index contributed by atoms with van der Waals surface area (Å²) in [6.07, 6.45) is 6.20. The average molecular weight is 917 g/mol. The van der Waals surface area contributed by atoms with Crippen molar-refractivity contribution in [2.75, 3.05) is 69.5 Å². The molecule has 65 heavy (non-hydrogen) atoms. The van der Waals surface area contributed by atoms with E-state index in [0.29, 0.717) is 70.6 Å². The van der Waals surface area contributed by atoms with Crippen LogP contribution >= 0.6 is 22.7 Å². The van der Waals surface area contributed by atoms with E-state index in [9.17, 15) is 14.0 Å². The molecule has 0 N–H and O–H groups in total. The summed E-state index contributed by atoms with van der Waals surface area (Å²) < 4.78 is 45.4. The van der Waals surface area contributed by atoms with Crippen molar-refractivity contribution in [3.05, 3.63) is 141 Å². The Bertz CT molecular complexity index is 2890. The van der Waals surface area contributed by atoms with Crippen LogP contribution in [0.4, 0.5) is 20.2 Å². The van der Waals surface area contributed by atoms with E-state index in [0.717, 1.165) is 53.8 Å². The molecule has 0 aliphatic carbocycles. The highest BCUT2D eigenvalue weighted by Gasteiger charge is 2.22. The van der Waals surface area contributed by atoms with Gasteiger partial charge in [-0.25, -0.2) is 38.5 Å². The zero-order valence-electron chi connectivity index (χ0n) is 35.2.